The number of carbonyl (C=O) groups is 2. The molecule has 18 heavy (non-hydrogen) atoms. The summed E-state index contributed by atoms with van der Waals surface area (Å²) in [5.74, 6) is -0.747. The fourth-order valence-corrected chi connectivity index (χ4v) is 2.00. The maximum absolute atomic E-state index is 11.5. The molecule has 0 aromatic rings. The van der Waals surface area contributed by atoms with Crippen LogP contribution in [0.2, 0.25) is 0 Å². The number of oxime groups is 1. The van der Waals surface area contributed by atoms with Crippen LogP contribution in [0.15, 0.2) is 5.16 Å². The topological polar surface area (TPSA) is 65.0 Å². The average Bonchev–Trinajstić information content (AvgIpc) is 2.31. The minimum absolute atomic E-state index is 0.0115. The lowest BCUT2D eigenvalue weighted by Gasteiger charge is -2.26. The fourth-order valence-electron chi connectivity index (χ4n) is 2.00. The molecule has 0 aliphatic heterocycles. The number of esters is 1. The summed E-state index contributed by atoms with van der Waals surface area (Å²) in [6.07, 6.45) is 4.29. The van der Waals surface area contributed by atoms with Gasteiger partial charge in [0, 0.05) is 6.92 Å². The number of hydrogen-bond acceptors (Lipinski definition) is 5. The lowest BCUT2D eigenvalue weighted by Crippen LogP contribution is -2.28. The Morgan fingerprint density at radius 3 is 2.50 bits per heavy atom. The first kappa shape index (κ1) is 14.7. The van der Waals surface area contributed by atoms with Crippen molar-refractivity contribution in [1.29, 1.82) is 0 Å². The molecule has 0 heterocycles. The van der Waals surface area contributed by atoms with E-state index in [9.17, 15) is 9.59 Å². The molecule has 0 unspecified atom stereocenters. The standard InChI is InChI=1S/C13H21NO4/c1-4-17-13(16)12(10(3)15)14-18-11-8-6-5-7-9(11)2/h9,11H,4-8H2,1-3H3/t9-,11-/m1/s1. The highest BCUT2D eigenvalue weighted by atomic mass is 16.6. The van der Waals surface area contributed by atoms with Gasteiger partial charge in [0.2, 0.25) is 5.71 Å². The molecule has 2 atom stereocenters. The zero-order valence-corrected chi connectivity index (χ0v) is 11.3. The number of hydrogen-bond donors (Lipinski definition) is 0. The fraction of sp³-hybridized carbons (Fsp3) is 0.769. The number of rotatable bonds is 5. The van der Waals surface area contributed by atoms with Crippen molar-refractivity contribution in [3.8, 4) is 0 Å². The zero-order chi connectivity index (χ0) is 13.5. The van der Waals surface area contributed by atoms with Crippen molar-refractivity contribution in [3.63, 3.8) is 0 Å². The smallest absolute Gasteiger partial charge is 0.364 e. The molecule has 0 spiro atoms. The third kappa shape index (κ3) is 4.13. The third-order valence-electron chi connectivity index (χ3n) is 3.11. The number of nitrogens with zero attached hydrogens (tertiary/aromatic N) is 1. The van der Waals surface area contributed by atoms with Crippen LogP contribution in [0, 0.1) is 5.92 Å². The Labute approximate surface area is 108 Å². The molecule has 5 heteroatoms. The van der Waals surface area contributed by atoms with Gasteiger partial charge in [0.15, 0.2) is 5.78 Å². The first-order valence-electron chi connectivity index (χ1n) is 6.48. The van der Waals surface area contributed by atoms with Gasteiger partial charge in [-0.05, 0) is 32.1 Å². The van der Waals surface area contributed by atoms with Gasteiger partial charge in [-0.15, -0.1) is 0 Å². The van der Waals surface area contributed by atoms with Gasteiger partial charge < -0.3 is 9.57 Å². The summed E-state index contributed by atoms with van der Waals surface area (Å²) in [6, 6.07) is 0. The summed E-state index contributed by atoms with van der Waals surface area (Å²) in [5.41, 5.74) is -0.255. The van der Waals surface area contributed by atoms with E-state index in [1.165, 1.54) is 13.3 Å². The van der Waals surface area contributed by atoms with E-state index in [2.05, 4.69) is 12.1 Å². The van der Waals surface area contributed by atoms with Crippen molar-refractivity contribution in [2.45, 2.75) is 52.6 Å². The minimum Gasteiger partial charge on any atom is -0.461 e. The Bertz CT molecular complexity index is 338. The molecule has 0 aromatic heterocycles. The van der Waals surface area contributed by atoms with Crippen LogP contribution < -0.4 is 0 Å². The maximum atomic E-state index is 11.5. The minimum atomic E-state index is -0.714. The molecule has 0 aromatic carbocycles. The molecule has 1 fully saturated rings. The van der Waals surface area contributed by atoms with Crippen LogP contribution in [-0.4, -0.2) is 30.2 Å². The number of carbonyl (C=O) groups excluding carboxylic acids is 2. The van der Waals surface area contributed by atoms with Crippen LogP contribution in [0.25, 0.3) is 0 Å². The van der Waals surface area contributed by atoms with E-state index < -0.39 is 11.8 Å². The lowest BCUT2D eigenvalue weighted by atomic mass is 9.88. The molecule has 0 N–H and O–H groups in total. The van der Waals surface area contributed by atoms with E-state index in [-0.39, 0.29) is 18.4 Å². The first-order chi connectivity index (χ1) is 8.56. The third-order valence-corrected chi connectivity index (χ3v) is 3.11. The predicted octanol–water partition coefficient (Wildman–Crippen LogP) is 2.09. The van der Waals surface area contributed by atoms with Gasteiger partial charge in [0.25, 0.3) is 0 Å². The van der Waals surface area contributed by atoms with Crippen molar-refractivity contribution in [3.05, 3.63) is 0 Å². The molecule has 0 bridgehead atoms. The summed E-state index contributed by atoms with van der Waals surface area (Å²) >= 11 is 0. The number of ketones is 1. The Kier molecular flexibility index (Phi) is 5.82. The van der Waals surface area contributed by atoms with Gasteiger partial charge >= 0.3 is 5.97 Å². The predicted molar refractivity (Wildman–Crippen MR) is 67.3 cm³/mol. The normalized spacial score (nSPS) is 24.5. The average molecular weight is 255 g/mol. The molecule has 1 aliphatic carbocycles. The maximum Gasteiger partial charge on any atom is 0.364 e. The van der Waals surface area contributed by atoms with Crippen molar-refractivity contribution in [1.82, 2.24) is 0 Å². The summed E-state index contributed by atoms with van der Waals surface area (Å²) in [6.45, 7) is 5.27. The molecule has 0 amide bonds. The van der Waals surface area contributed by atoms with E-state index in [1.54, 1.807) is 6.92 Å². The quantitative estimate of drug-likeness (QED) is 0.326. The van der Waals surface area contributed by atoms with Gasteiger partial charge in [-0.3, -0.25) is 4.79 Å². The second kappa shape index (κ2) is 7.13. The van der Waals surface area contributed by atoms with Crippen molar-refractivity contribution < 1.29 is 19.2 Å². The van der Waals surface area contributed by atoms with E-state index in [0.717, 1.165) is 19.3 Å². The molecule has 5 nitrogen and oxygen atoms in total. The van der Waals surface area contributed by atoms with E-state index in [0.29, 0.717) is 5.92 Å². The second-order valence-corrected chi connectivity index (χ2v) is 4.62. The van der Waals surface area contributed by atoms with Crippen LogP contribution in [0.3, 0.4) is 0 Å². The van der Waals surface area contributed by atoms with Crippen molar-refractivity contribution in [2.24, 2.45) is 11.1 Å². The molecule has 0 radical (unpaired) electrons. The molecule has 1 saturated carbocycles. The molecular formula is C13H21NO4. The highest BCUT2D eigenvalue weighted by Gasteiger charge is 2.25. The summed E-state index contributed by atoms with van der Waals surface area (Å²) in [5, 5.41) is 3.71. The SMILES string of the molecule is CCOC(=O)C(=NO[C@@H]1CCCC[C@H]1C)C(C)=O. The molecule has 0 saturated heterocycles. The molecule has 1 rings (SSSR count). The summed E-state index contributed by atoms with van der Waals surface area (Å²) in [4.78, 5) is 28.1. The molecule has 1 aliphatic rings. The molecule has 102 valence electrons. The van der Waals surface area contributed by atoms with Crippen LogP contribution in [0.4, 0.5) is 0 Å². The van der Waals surface area contributed by atoms with Crippen molar-refractivity contribution >= 4 is 17.5 Å². The summed E-state index contributed by atoms with van der Waals surface area (Å²) in [7, 11) is 0. The Hall–Kier alpha value is -1.39. The molecular weight excluding hydrogens is 234 g/mol. The van der Waals surface area contributed by atoms with Gasteiger partial charge in [-0.25, -0.2) is 4.79 Å². The van der Waals surface area contributed by atoms with E-state index in [4.69, 9.17) is 9.57 Å². The Morgan fingerprint density at radius 1 is 1.28 bits per heavy atom. The van der Waals surface area contributed by atoms with Crippen LogP contribution >= 0.6 is 0 Å². The van der Waals surface area contributed by atoms with Crippen molar-refractivity contribution in [2.75, 3.05) is 6.61 Å². The summed E-state index contributed by atoms with van der Waals surface area (Å²) < 4.78 is 4.76. The van der Waals surface area contributed by atoms with Gasteiger partial charge in [0.1, 0.15) is 6.10 Å². The number of Topliss-reactive ketones (excluding diaryl/α,β-unsaturated/α-hetero) is 1. The second-order valence-electron chi connectivity index (χ2n) is 4.62. The van der Waals surface area contributed by atoms with E-state index in [1.807, 2.05) is 0 Å². The highest BCUT2D eigenvalue weighted by molar-refractivity contribution is 6.63. The van der Waals surface area contributed by atoms with Gasteiger partial charge in [-0.1, -0.05) is 18.5 Å². The monoisotopic (exact) mass is 255 g/mol. The van der Waals surface area contributed by atoms with Crippen LogP contribution in [-0.2, 0) is 19.2 Å². The van der Waals surface area contributed by atoms with Crippen LogP contribution in [0.5, 0.6) is 0 Å². The van der Waals surface area contributed by atoms with Gasteiger partial charge in [-0.2, -0.15) is 0 Å². The van der Waals surface area contributed by atoms with E-state index >= 15 is 0 Å². The number of ether oxygens (including phenoxy) is 1. The zero-order valence-electron chi connectivity index (χ0n) is 11.3. The lowest BCUT2D eigenvalue weighted by molar-refractivity contribution is -0.136. The largest absolute Gasteiger partial charge is 0.461 e. The highest BCUT2D eigenvalue weighted by Crippen LogP contribution is 2.26. The first-order valence-corrected chi connectivity index (χ1v) is 6.48. The van der Waals surface area contributed by atoms with Crippen LogP contribution in [0.1, 0.15) is 46.5 Å². The Balaban J connectivity index is 2.65. The van der Waals surface area contributed by atoms with Gasteiger partial charge in [0.05, 0.1) is 6.61 Å². The Morgan fingerprint density at radius 2 is 1.94 bits per heavy atom.